The standard InChI is InChI=1S/C18H17ClN4O3/c1-11(9-16(24)25)23-18(13-3-4-15(26-2)14(19)10-13)21-17(22-23)12-5-7-20-8-6-12/h3-8,10-11H,9H2,1-2H3,(H,24,25). The highest BCUT2D eigenvalue weighted by molar-refractivity contribution is 6.32. The Morgan fingerprint density at radius 3 is 2.62 bits per heavy atom. The largest absolute Gasteiger partial charge is 0.495 e. The minimum absolute atomic E-state index is 0.0734. The van der Waals surface area contributed by atoms with Gasteiger partial charge in [-0.25, -0.2) is 9.67 Å². The van der Waals surface area contributed by atoms with E-state index in [1.165, 1.54) is 0 Å². The molecule has 26 heavy (non-hydrogen) atoms. The van der Waals surface area contributed by atoms with Crippen LogP contribution < -0.4 is 4.74 Å². The molecule has 8 heteroatoms. The monoisotopic (exact) mass is 372 g/mol. The van der Waals surface area contributed by atoms with Crippen LogP contribution in [-0.4, -0.2) is 37.9 Å². The van der Waals surface area contributed by atoms with Gasteiger partial charge in [0.05, 0.1) is 24.6 Å². The van der Waals surface area contributed by atoms with Gasteiger partial charge in [0.15, 0.2) is 11.6 Å². The van der Waals surface area contributed by atoms with Crippen LogP contribution in [0.5, 0.6) is 5.75 Å². The summed E-state index contributed by atoms with van der Waals surface area (Å²) in [6, 6.07) is 8.50. The molecule has 1 aromatic carbocycles. The lowest BCUT2D eigenvalue weighted by Crippen LogP contribution is -2.13. The Bertz CT molecular complexity index is 927. The van der Waals surface area contributed by atoms with E-state index in [0.29, 0.717) is 22.4 Å². The molecule has 2 aromatic heterocycles. The molecule has 0 fully saturated rings. The Labute approximate surface area is 155 Å². The van der Waals surface area contributed by atoms with Gasteiger partial charge in [0.1, 0.15) is 5.75 Å². The van der Waals surface area contributed by atoms with Crippen LogP contribution in [0, 0.1) is 0 Å². The van der Waals surface area contributed by atoms with Gasteiger partial charge in [-0.15, -0.1) is 0 Å². The molecule has 2 heterocycles. The molecular weight excluding hydrogens is 356 g/mol. The van der Waals surface area contributed by atoms with Gasteiger partial charge in [0.2, 0.25) is 0 Å². The first-order valence-corrected chi connectivity index (χ1v) is 8.30. The van der Waals surface area contributed by atoms with Gasteiger partial charge in [-0.3, -0.25) is 9.78 Å². The molecule has 3 aromatic rings. The van der Waals surface area contributed by atoms with Crippen LogP contribution in [0.3, 0.4) is 0 Å². The van der Waals surface area contributed by atoms with Crippen molar-refractivity contribution in [1.29, 1.82) is 0 Å². The van der Waals surface area contributed by atoms with E-state index in [1.54, 1.807) is 55.4 Å². The van der Waals surface area contributed by atoms with Crippen LogP contribution >= 0.6 is 11.6 Å². The highest BCUT2D eigenvalue weighted by Gasteiger charge is 2.20. The number of carbonyl (C=O) groups is 1. The fourth-order valence-corrected chi connectivity index (χ4v) is 2.85. The van der Waals surface area contributed by atoms with Crippen molar-refractivity contribution in [3.05, 3.63) is 47.7 Å². The lowest BCUT2D eigenvalue weighted by molar-refractivity contribution is -0.137. The van der Waals surface area contributed by atoms with E-state index in [2.05, 4.69) is 15.1 Å². The van der Waals surface area contributed by atoms with E-state index in [0.717, 1.165) is 11.1 Å². The molecule has 0 saturated carbocycles. The third-order valence-corrected chi connectivity index (χ3v) is 4.16. The van der Waals surface area contributed by atoms with Crippen molar-refractivity contribution in [3.8, 4) is 28.5 Å². The van der Waals surface area contributed by atoms with E-state index in [9.17, 15) is 4.79 Å². The number of hydrogen-bond acceptors (Lipinski definition) is 5. The zero-order valence-corrected chi connectivity index (χ0v) is 15.0. The number of benzene rings is 1. The average Bonchev–Trinajstić information content (AvgIpc) is 3.07. The van der Waals surface area contributed by atoms with Gasteiger partial charge in [0, 0.05) is 23.5 Å². The normalized spacial score (nSPS) is 12.0. The zero-order valence-electron chi connectivity index (χ0n) is 14.3. The second kappa shape index (κ2) is 7.53. The summed E-state index contributed by atoms with van der Waals surface area (Å²) in [4.78, 5) is 19.7. The Morgan fingerprint density at radius 2 is 2.00 bits per heavy atom. The van der Waals surface area contributed by atoms with Crippen molar-refractivity contribution >= 4 is 17.6 Å². The Balaban J connectivity index is 2.11. The van der Waals surface area contributed by atoms with Crippen molar-refractivity contribution in [2.45, 2.75) is 19.4 Å². The molecule has 134 valence electrons. The topological polar surface area (TPSA) is 90.1 Å². The summed E-state index contributed by atoms with van der Waals surface area (Å²) < 4.78 is 6.79. The number of carboxylic acid groups (broad SMARTS) is 1. The van der Waals surface area contributed by atoms with E-state index >= 15 is 0 Å². The van der Waals surface area contributed by atoms with Gasteiger partial charge in [-0.05, 0) is 37.3 Å². The second-order valence-electron chi connectivity index (χ2n) is 5.74. The number of carboxylic acids is 1. The number of nitrogens with zero attached hydrogens (tertiary/aromatic N) is 4. The molecule has 0 spiro atoms. The van der Waals surface area contributed by atoms with Crippen molar-refractivity contribution in [2.24, 2.45) is 0 Å². The van der Waals surface area contributed by atoms with Crippen LogP contribution in [0.4, 0.5) is 0 Å². The number of aliphatic carboxylic acids is 1. The maximum Gasteiger partial charge on any atom is 0.305 e. The fourth-order valence-electron chi connectivity index (χ4n) is 2.60. The molecule has 0 aliphatic rings. The van der Waals surface area contributed by atoms with Gasteiger partial charge in [-0.1, -0.05) is 11.6 Å². The summed E-state index contributed by atoms with van der Waals surface area (Å²) in [5.41, 5.74) is 1.52. The first-order chi connectivity index (χ1) is 12.5. The van der Waals surface area contributed by atoms with Gasteiger partial charge < -0.3 is 9.84 Å². The van der Waals surface area contributed by atoms with Crippen molar-refractivity contribution in [1.82, 2.24) is 19.7 Å². The molecule has 0 radical (unpaired) electrons. The number of methoxy groups -OCH3 is 1. The molecule has 0 amide bonds. The second-order valence-corrected chi connectivity index (χ2v) is 6.14. The van der Waals surface area contributed by atoms with Crippen LogP contribution in [0.2, 0.25) is 5.02 Å². The number of pyridine rings is 1. The third-order valence-electron chi connectivity index (χ3n) is 3.87. The molecule has 1 atom stereocenters. The number of ether oxygens (including phenoxy) is 1. The molecule has 0 bridgehead atoms. The molecule has 0 saturated heterocycles. The van der Waals surface area contributed by atoms with Gasteiger partial charge in [-0.2, -0.15) is 5.10 Å². The SMILES string of the molecule is COc1ccc(-c2nc(-c3ccncc3)nn2C(C)CC(=O)O)cc1Cl. The number of hydrogen-bond donors (Lipinski definition) is 1. The molecule has 3 rings (SSSR count). The van der Waals surface area contributed by atoms with E-state index in [1.807, 2.05) is 6.07 Å². The van der Waals surface area contributed by atoms with Crippen molar-refractivity contribution < 1.29 is 14.6 Å². The molecule has 7 nitrogen and oxygen atoms in total. The highest BCUT2D eigenvalue weighted by Crippen LogP contribution is 2.32. The predicted molar refractivity (Wildman–Crippen MR) is 97.2 cm³/mol. The quantitative estimate of drug-likeness (QED) is 0.709. The Hall–Kier alpha value is -2.93. The van der Waals surface area contributed by atoms with Crippen LogP contribution in [-0.2, 0) is 4.79 Å². The summed E-state index contributed by atoms with van der Waals surface area (Å²) in [5.74, 6) is 0.674. The van der Waals surface area contributed by atoms with Crippen molar-refractivity contribution in [2.75, 3.05) is 7.11 Å². The lowest BCUT2D eigenvalue weighted by atomic mass is 10.1. The maximum absolute atomic E-state index is 11.1. The van der Waals surface area contributed by atoms with E-state index in [-0.39, 0.29) is 12.5 Å². The number of rotatable bonds is 6. The first-order valence-electron chi connectivity index (χ1n) is 7.92. The van der Waals surface area contributed by atoms with Crippen LogP contribution in [0.25, 0.3) is 22.8 Å². The molecule has 1 N–H and O–H groups in total. The molecule has 0 aliphatic carbocycles. The fraction of sp³-hybridized carbons (Fsp3) is 0.222. The highest BCUT2D eigenvalue weighted by atomic mass is 35.5. The number of halogens is 1. The Kier molecular flexibility index (Phi) is 5.18. The maximum atomic E-state index is 11.1. The third kappa shape index (κ3) is 3.67. The van der Waals surface area contributed by atoms with Crippen LogP contribution in [0.15, 0.2) is 42.7 Å². The molecular formula is C18H17ClN4O3. The zero-order chi connectivity index (χ0) is 18.7. The first kappa shape index (κ1) is 17.9. The van der Waals surface area contributed by atoms with Crippen LogP contribution in [0.1, 0.15) is 19.4 Å². The van der Waals surface area contributed by atoms with E-state index < -0.39 is 5.97 Å². The van der Waals surface area contributed by atoms with Crippen molar-refractivity contribution in [3.63, 3.8) is 0 Å². The van der Waals surface area contributed by atoms with E-state index in [4.69, 9.17) is 21.4 Å². The summed E-state index contributed by atoms with van der Waals surface area (Å²) >= 11 is 6.23. The lowest BCUT2D eigenvalue weighted by Gasteiger charge is -2.13. The Morgan fingerprint density at radius 1 is 1.27 bits per heavy atom. The summed E-state index contributed by atoms with van der Waals surface area (Å²) in [6.07, 6.45) is 3.23. The molecule has 1 unspecified atom stereocenters. The minimum atomic E-state index is -0.905. The minimum Gasteiger partial charge on any atom is -0.495 e. The molecule has 0 aliphatic heterocycles. The average molecular weight is 373 g/mol. The smallest absolute Gasteiger partial charge is 0.305 e. The predicted octanol–water partition coefficient (Wildman–Crippen LogP) is 3.70. The summed E-state index contributed by atoms with van der Waals surface area (Å²) in [7, 11) is 1.54. The summed E-state index contributed by atoms with van der Waals surface area (Å²) in [5, 5.41) is 14.1. The number of aromatic nitrogens is 4. The summed E-state index contributed by atoms with van der Waals surface area (Å²) in [6.45, 7) is 1.79. The van der Waals surface area contributed by atoms with Gasteiger partial charge >= 0.3 is 5.97 Å². The van der Waals surface area contributed by atoms with Gasteiger partial charge in [0.25, 0.3) is 0 Å².